The van der Waals surface area contributed by atoms with Gasteiger partial charge in [-0.3, -0.25) is 0 Å². The van der Waals surface area contributed by atoms with Crippen molar-refractivity contribution in [2.75, 3.05) is 0 Å². The molecule has 8 heteroatoms. The Morgan fingerprint density at radius 3 is 2.37 bits per heavy atom. The first kappa shape index (κ1) is 22.6. The summed E-state index contributed by atoms with van der Waals surface area (Å²) in [6, 6.07) is 3.81. The molecule has 1 atom stereocenters. The van der Waals surface area contributed by atoms with Gasteiger partial charge in [0.25, 0.3) is 0 Å². The van der Waals surface area contributed by atoms with Crippen LogP contribution in [0.5, 0.6) is 0 Å². The molecule has 0 spiro atoms. The first-order valence-electron chi connectivity index (χ1n) is 10.1. The summed E-state index contributed by atoms with van der Waals surface area (Å²) in [5, 5.41) is 3.91. The molecule has 1 aliphatic rings. The molecule has 0 fully saturated rings. The molecule has 0 saturated heterocycles. The summed E-state index contributed by atoms with van der Waals surface area (Å²) < 4.78 is 13.3. The highest BCUT2D eigenvalue weighted by atomic mass is 79.9. The standard InChI is InChI=1S/C22H30BrN3O4/c1-20(2,3)29-18(27)25-22(7)11-10-15-14(12-22)13-8-9-16(23)24-17(13)26(15)19(28)30-21(4,5)6/h8-9H,10-12H2,1-7H3,(H,25,27). The van der Waals surface area contributed by atoms with Gasteiger partial charge >= 0.3 is 12.2 Å². The molecule has 0 bridgehead atoms. The van der Waals surface area contributed by atoms with Crippen molar-refractivity contribution in [3.63, 3.8) is 0 Å². The van der Waals surface area contributed by atoms with Crippen molar-refractivity contribution in [2.24, 2.45) is 0 Å². The second-order valence-electron chi connectivity index (χ2n) is 10.1. The maximum atomic E-state index is 13.0. The molecule has 0 aromatic carbocycles. The Bertz CT molecular complexity index is 1000. The number of hydrogen-bond donors (Lipinski definition) is 1. The minimum Gasteiger partial charge on any atom is -0.444 e. The molecule has 30 heavy (non-hydrogen) atoms. The van der Waals surface area contributed by atoms with Crippen molar-refractivity contribution in [2.45, 2.75) is 84.5 Å². The molecular formula is C22H30BrN3O4. The minimum absolute atomic E-state index is 0.440. The zero-order chi connectivity index (χ0) is 22.5. The maximum absolute atomic E-state index is 13.0. The van der Waals surface area contributed by atoms with E-state index in [2.05, 4.69) is 26.2 Å². The fraction of sp³-hybridized carbons (Fsp3) is 0.591. The smallest absolute Gasteiger partial charge is 0.420 e. The maximum Gasteiger partial charge on any atom is 0.420 e. The highest BCUT2D eigenvalue weighted by molar-refractivity contribution is 9.10. The predicted octanol–water partition coefficient (Wildman–Crippen LogP) is 5.35. The fourth-order valence-corrected chi connectivity index (χ4v) is 4.04. The van der Waals surface area contributed by atoms with Gasteiger partial charge in [-0.1, -0.05) is 0 Å². The second-order valence-corrected chi connectivity index (χ2v) is 10.9. The van der Waals surface area contributed by atoms with Crippen molar-refractivity contribution in [1.82, 2.24) is 14.9 Å². The van der Waals surface area contributed by atoms with E-state index >= 15 is 0 Å². The zero-order valence-corrected chi connectivity index (χ0v) is 20.3. The summed E-state index contributed by atoms with van der Waals surface area (Å²) in [5.74, 6) is 0. The van der Waals surface area contributed by atoms with Crippen LogP contribution in [-0.4, -0.2) is 38.5 Å². The third-order valence-electron chi connectivity index (χ3n) is 4.86. The van der Waals surface area contributed by atoms with Gasteiger partial charge in [-0.2, -0.15) is 0 Å². The summed E-state index contributed by atoms with van der Waals surface area (Å²) in [7, 11) is 0. The number of halogens is 1. The molecule has 2 aromatic rings. The fourth-order valence-electron chi connectivity index (χ4n) is 3.74. The van der Waals surface area contributed by atoms with Crippen LogP contribution in [0, 0.1) is 0 Å². The Morgan fingerprint density at radius 2 is 1.77 bits per heavy atom. The minimum atomic E-state index is -0.617. The molecule has 7 nitrogen and oxygen atoms in total. The van der Waals surface area contributed by atoms with Crippen molar-refractivity contribution in [1.29, 1.82) is 0 Å². The number of carbonyl (C=O) groups excluding carboxylic acids is 2. The molecule has 1 N–H and O–H groups in total. The second kappa shape index (κ2) is 7.55. The molecule has 1 unspecified atom stereocenters. The average Bonchev–Trinajstić information content (AvgIpc) is 2.83. The number of carbonyl (C=O) groups is 2. The van der Waals surface area contributed by atoms with Gasteiger partial charge in [0.1, 0.15) is 15.8 Å². The number of pyridine rings is 1. The molecular weight excluding hydrogens is 450 g/mol. The lowest BCUT2D eigenvalue weighted by Crippen LogP contribution is -2.51. The van der Waals surface area contributed by atoms with Crippen molar-refractivity contribution in [3.05, 3.63) is 28.0 Å². The number of amides is 1. The van der Waals surface area contributed by atoms with Gasteiger partial charge < -0.3 is 14.8 Å². The van der Waals surface area contributed by atoms with E-state index in [4.69, 9.17) is 9.47 Å². The van der Waals surface area contributed by atoms with Gasteiger partial charge in [-0.15, -0.1) is 0 Å². The van der Waals surface area contributed by atoms with E-state index in [-0.39, 0.29) is 0 Å². The summed E-state index contributed by atoms with van der Waals surface area (Å²) in [4.78, 5) is 30.0. The van der Waals surface area contributed by atoms with E-state index in [1.165, 1.54) is 0 Å². The number of nitrogens with one attached hydrogen (secondary N) is 1. The first-order valence-corrected chi connectivity index (χ1v) is 10.9. The number of fused-ring (bicyclic) bond motifs is 3. The SMILES string of the molecule is CC1(NC(=O)OC(C)(C)C)CCc2c(c3ccc(Br)nc3n2C(=O)OC(C)(C)C)C1. The van der Waals surface area contributed by atoms with Gasteiger partial charge in [0.05, 0.1) is 0 Å². The average molecular weight is 480 g/mol. The molecule has 2 aromatic heterocycles. The number of ether oxygens (including phenoxy) is 2. The van der Waals surface area contributed by atoms with E-state index in [0.717, 1.165) is 16.6 Å². The van der Waals surface area contributed by atoms with Crippen LogP contribution < -0.4 is 5.32 Å². The lowest BCUT2D eigenvalue weighted by molar-refractivity contribution is 0.0447. The van der Waals surface area contributed by atoms with Crippen LogP contribution in [-0.2, 0) is 22.3 Å². The molecule has 164 valence electrons. The molecule has 0 saturated carbocycles. The Morgan fingerprint density at radius 1 is 1.13 bits per heavy atom. The summed E-state index contributed by atoms with van der Waals surface area (Å²) in [6.45, 7) is 13.0. The number of alkyl carbamates (subject to hydrolysis) is 1. The highest BCUT2D eigenvalue weighted by Crippen LogP contribution is 2.36. The molecule has 0 radical (unpaired) electrons. The molecule has 3 rings (SSSR count). The lowest BCUT2D eigenvalue weighted by atomic mass is 9.81. The van der Waals surface area contributed by atoms with Crippen LogP contribution in [0.15, 0.2) is 16.7 Å². The van der Waals surface area contributed by atoms with Crippen LogP contribution >= 0.6 is 15.9 Å². The summed E-state index contributed by atoms with van der Waals surface area (Å²) >= 11 is 3.40. The van der Waals surface area contributed by atoms with E-state index in [0.29, 0.717) is 29.5 Å². The highest BCUT2D eigenvalue weighted by Gasteiger charge is 2.38. The van der Waals surface area contributed by atoms with Gasteiger partial charge in [-0.25, -0.2) is 19.1 Å². The van der Waals surface area contributed by atoms with Crippen LogP contribution in [0.4, 0.5) is 9.59 Å². The van der Waals surface area contributed by atoms with E-state index in [9.17, 15) is 9.59 Å². The zero-order valence-electron chi connectivity index (χ0n) is 18.7. The largest absolute Gasteiger partial charge is 0.444 e. The Labute approximate surface area is 185 Å². The van der Waals surface area contributed by atoms with Gasteiger partial charge in [0.15, 0.2) is 5.65 Å². The van der Waals surface area contributed by atoms with Gasteiger partial charge in [0, 0.05) is 16.6 Å². The van der Waals surface area contributed by atoms with Crippen molar-refractivity contribution in [3.8, 4) is 0 Å². The van der Waals surface area contributed by atoms with E-state index in [1.54, 1.807) is 4.57 Å². The summed E-state index contributed by atoms with van der Waals surface area (Å²) in [6.07, 6.45) is 0.958. The van der Waals surface area contributed by atoms with Crippen LogP contribution in [0.2, 0.25) is 0 Å². The molecule has 1 amide bonds. The third-order valence-corrected chi connectivity index (χ3v) is 5.30. The molecule has 1 aliphatic carbocycles. The van der Waals surface area contributed by atoms with Crippen LogP contribution in [0.25, 0.3) is 11.0 Å². The normalized spacial score (nSPS) is 19.3. The summed E-state index contributed by atoms with van der Waals surface area (Å²) in [5.41, 5.74) is 0.770. The van der Waals surface area contributed by atoms with Crippen molar-refractivity contribution >= 4 is 39.1 Å². The number of aromatic nitrogens is 2. The van der Waals surface area contributed by atoms with Crippen LogP contribution in [0.3, 0.4) is 0 Å². The Kier molecular flexibility index (Phi) is 5.69. The number of rotatable bonds is 1. The van der Waals surface area contributed by atoms with Gasteiger partial charge in [-0.05, 0) is 101 Å². The third kappa shape index (κ3) is 4.96. The number of nitrogens with zero attached hydrogens (tertiary/aromatic N) is 2. The first-order chi connectivity index (χ1) is 13.7. The monoisotopic (exact) mass is 479 g/mol. The van der Waals surface area contributed by atoms with E-state index in [1.807, 2.05) is 60.6 Å². The predicted molar refractivity (Wildman–Crippen MR) is 119 cm³/mol. The molecule has 2 heterocycles. The molecule has 0 aliphatic heterocycles. The number of hydrogen-bond acceptors (Lipinski definition) is 5. The van der Waals surface area contributed by atoms with Crippen molar-refractivity contribution < 1.29 is 19.1 Å². The quantitative estimate of drug-likeness (QED) is 0.557. The Hall–Kier alpha value is -2.09. The van der Waals surface area contributed by atoms with Gasteiger partial charge in [0.2, 0.25) is 0 Å². The van der Waals surface area contributed by atoms with Crippen LogP contribution in [0.1, 0.15) is 66.1 Å². The lowest BCUT2D eigenvalue weighted by Gasteiger charge is -2.35. The topological polar surface area (TPSA) is 82.5 Å². The van der Waals surface area contributed by atoms with E-state index < -0.39 is 28.9 Å². The Balaban J connectivity index is 2.00.